The summed E-state index contributed by atoms with van der Waals surface area (Å²) in [4.78, 5) is 36.8. The Bertz CT molecular complexity index is 1400. The minimum atomic E-state index is -3.04. The van der Waals surface area contributed by atoms with Crippen molar-refractivity contribution < 1.29 is 22.7 Å². The van der Waals surface area contributed by atoms with Gasteiger partial charge in [0.2, 0.25) is 5.91 Å². The van der Waals surface area contributed by atoms with Crippen LogP contribution in [0.15, 0.2) is 24.5 Å². The summed E-state index contributed by atoms with van der Waals surface area (Å²) in [5.41, 5.74) is 4.84. The standard InChI is InChI=1S/C23H25N5O5S/c1-34(31,32)8-2-7-24-22(29)13-4-6-18-17(9-13)19-20(25-12-26-21(19)28-18)27-15-5-3-14-11-33-23(30)16(14)10-15/h3,5,10,12-13H,2,4,6-9,11H2,1H3,(H,24,29)(H2,25,26,27,28)/t13-/m0/s1. The van der Waals surface area contributed by atoms with Crippen LogP contribution in [0.5, 0.6) is 0 Å². The van der Waals surface area contributed by atoms with Crippen LogP contribution in [0.4, 0.5) is 11.5 Å². The first-order valence-electron chi connectivity index (χ1n) is 11.2. The Hall–Kier alpha value is -3.47. The third-order valence-corrected chi connectivity index (χ3v) is 7.32. The van der Waals surface area contributed by atoms with Gasteiger partial charge in [0.25, 0.3) is 0 Å². The zero-order chi connectivity index (χ0) is 23.9. The van der Waals surface area contributed by atoms with Gasteiger partial charge in [0.05, 0.1) is 16.7 Å². The van der Waals surface area contributed by atoms with E-state index >= 15 is 0 Å². The average molecular weight is 484 g/mol. The normalized spacial score (nSPS) is 17.2. The van der Waals surface area contributed by atoms with Gasteiger partial charge in [-0.05, 0) is 43.4 Å². The number of fused-ring (bicyclic) bond motifs is 4. The third kappa shape index (κ3) is 4.47. The number of aromatic amines is 1. The van der Waals surface area contributed by atoms with Crippen LogP contribution in [0.1, 0.15) is 40.0 Å². The lowest BCUT2D eigenvalue weighted by atomic mass is 9.86. The number of aromatic nitrogens is 3. The molecular weight excluding hydrogens is 458 g/mol. The Morgan fingerprint density at radius 1 is 1.29 bits per heavy atom. The number of aryl methyl sites for hydroxylation is 1. The number of nitrogens with zero attached hydrogens (tertiary/aromatic N) is 2. The number of nitrogens with one attached hydrogen (secondary N) is 3. The van der Waals surface area contributed by atoms with E-state index in [4.69, 9.17) is 4.74 Å². The maximum atomic E-state index is 12.7. The highest BCUT2D eigenvalue weighted by atomic mass is 32.2. The predicted octanol–water partition coefficient (Wildman–Crippen LogP) is 2.03. The highest BCUT2D eigenvalue weighted by Gasteiger charge is 2.29. The van der Waals surface area contributed by atoms with Crippen LogP contribution in [0.2, 0.25) is 0 Å². The van der Waals surface area contributed by atoms with Gasteiger partial charge in [-0.2, -0.15) is 0 Å². The largest absolute Gasteiger partial charge is 0.457 e. The van der Waals surface area contributed by atoms with Crippen LogP contribution in [0, 0.1) is 5.92 Å². The molecule has 0 spiro atoms. The van der Waals surface area contributed by atoms with E-state index in [2.05, 4.69) is 25.6 Å². The van der Waals surface area contributed by atoms with Crippen molar-refractivity contribution in [2.75, 3.05) is 23.9 Å². The number of anilines is 2. The fraction of sp³-hybridized carbons (Fsp3) is 0.391. The van der Waals surface area contributed by atoms with Gasteiger partial charge in [0.1, 0.15) is 34.2 Å². The fourth-order valence-electron chi connectivity index (χ4n) is 4.58. The summed E-state index contributed by atoms with van der Waals surface area (Å²) in [6.45, 7) is 0.620. The van der Waals surface area contributed by atoms with Gasteiger partial charge in [0.15, 0.2) is 0 Å². The molecule has 3 aromatic rings. The number of sulfone groups is 1. The molecule has 3 N–H and O–H groups in total. The SMILES string of the molecule is CS(=O)(=O)CCCNC(=O)[C@H]1CCc2[nH]c3ncnc(Nc4ccc5c(c4)C(=O)OC5)c3c2C1. The molecule has 1 aromatic carbocycles. The van der Waals surface area contributed by atoms with Crippen molar-refractivity contribution in [3.63, 3.8) is 0 Å². The summed E-state index contributed by atoms with van der Waals surface area (Å²) in [6.07, 6.45) is 4.99. The van der Waals surface area contributed by atoms with E-state index in [0.29, 0.717) is 54.9 Å². The van der Waals surface area contributed by atoms with Crippen molar-refractivity contribution >= 4 is 44.3 Å². The fourth-order valence-corrected chi connectivity index (χ4v) is 5.25. The first kappa shape index (κ1) is 22.3. The number of carbonyl (C=O) groups excluding carboxylic acids is 2. The molecule has 0 unspecified atom stereocenters. The van der Waals surface area contributed by atoms with Crippen molar-refractivity contribution in [1.82, 2.24) is 20.3 Å². The molecular formula is C23H25N5O5S. The number of cyclic esters (lactones) is 1. The monoisotopic (exact) mass is 483 g/mol. The molecule has 0 radical (unpaired) electrons. The summed E-state index contributed by atoms with van der Waals surface area (Å²) in [6, 6.07) is 5.49. The van der Waals surface area contributed by atoms with Crippen LogP contribution < -0.4 is 10.6 Å². The number of esters is 1. The van der Waals surface area contributed by atoms with E-state index in [1.54, 1.807) is 6.07 Å². The number of rotatable bonds is 7. The van der Waals surface area contributed by atoms with E-state index in [-0.39, 0.29) is 30.2 Å². The molecule has 34 heavy (non-hydrogen) atoms. The van der Waals surface area contributed by atoms with E-state index in [1.807, 2.05) is 12.1 Å². The van der Waals surface area contributed by atoms with Gasteiger partial charge in [-0.3, -0.25) is 4.79 Å². The number of amides is 1. The van der Waals surface area contributed by atoms with Crippen LogP contribution in [0.25, 0.3) is 11.0 Å². The summed E-state index contributed by atoms with van der Waals surface area (Å²) in [5.74, 6) is 0.0283. The Labute approximate surface area is 196 Å². The molecule has 0 fully saturated rings. The van der Waals surface area contributed by atoms with Crippen molar-refractivity contribution in [3.8, 4) is 0 Å². The summed E-state index contributed by atoms with van der Waals surface area (Å²) >= 11 is 0. The minimum absolute atomic E-state index is 0.0529. The van der Waals surface area contributed by atoms with Gasteiger partial charge in [0, 0.05) is 35.7 Å². The molecule has 2 aromatic heterocycles. The molecule has 0 saturated carbocycles. The van der Waals surface area contributed by atoms with Gasteiger partial charge >= 0.3 is 5.97 Å². The van der Waals surface area contributed by atoms with Crippen LogP contribution in [-0.2, 0) is 38.8 Å². The van der Waals surface area contributed by atoms with Crippen LogP contribution in [0.3, 0.4) is 0 Å². The highest BCUT2D eigenvalue weighted by molar-refractivity contribution is 7.90. The quantitative estimate of drug-likeness (QED) is 0.342. The maximum Gasteiger partial charge on any atom is 0.338 e. The smallest absolute Gasteiger partial charge is 0.338 e. The molecule has 5 rings (SSSR count). The van der Waals surface area contributed by atoms with Crippen LogP contribution >= 0.6 is 0 Å². The number of hydrogen-bond donors (Lipinski definition) is 3. The van der Waals surface area contributed by atoms with E-state index < -0.39 is 9.84 Å². The third-order valence-electron chi connectivity index (χ3n) is 6.29. The lowest BCUT2D eigenvalue weighted by molar-refractivity contribution is -0.125. The lowest BCUT2D eigenvalue weighted by Crippen LogP contribution is -2.35. The summed E-state index contributed by atoms with van der Waals surface area (Å²) in [7, 11) is -3.04. The zero-order valence-electron chi connectivity index (χ0n) is 18.7. The average Bonchev–Trinajstić information content (AvgIpc) is 3.36. The Morgan fingerprint density at radius 3 is 2.97 bits per heavy atom. The van der Waals surface area contributed by atoms with Gasteiger partial charge in [-0.15, -0.1) is 0 Å². The predicted molar refractivity (Wildman–Crippen MR) is 126 cm³/mol. The number of carbonyl (C=O) groups is 2. The van der Waals surface area contributed by atoms with Crippen LogP contribution in [-0.4, -0.2) is 53.8 Å². The second-order valence-electron chi connectivity index (χ2n) is 8.82. The molecule has 0 saturated heterocycles. The molecule has 1 atom stereocenters. The van der Waals surface area contributed by atoms with Gasteiger partial charge < -0.3 is 20.4 Å². The number of hydrogen-bond acceptors (Lipinski definition) is 8. The maximum absolute atomic E-state index is 12.7. The Balaban J connectivity index is 1.35. The van der Waals surface area contributed by atoms with E-state index in [1.165, 1.54) is 12.6 Å². The first-order chi connectivity index (χ1) is 16.3. The molecule has 11 heteroatoms. The highest BCUT2D eigenvalue weighted by Crippen LogP contribution is 2.35. The molecule has 2 aliphatic rings. The summed E-state index contributed by atoms with van der Waals surface area (Å²) in [5, 5.41) is 7.00. The van der Waals surface area contributed by atoms with Crippen molar-refractivity contribution in [1.29, 1.82) is 0 Å². The molecule has 1 aliphatic heterocycles. The second kappa shape index (κ2) is 8.71. The first-order valence-corrected chi connectivity index (χ1v) is 13.2. The molecule has 0 bridgehead atoms. The Morgan fingerprint density at radius 2 is 2.15 bits per heavy atom. The number of ether oxygens (including phenoxy) is 1. The summed E-state index contributed by atoms with van der Waals surface area (Å²) < 4.78 is 27.7. The van der Waals surface area contributed by atoms with Gasteiger partial charge in [-0.25, -0.2) is 23.2 Å². The van der Waals surface area contributed by atoms with Crippen molar-refractivity contribution in [2.45, 2.75) is 32.3 Å². The number of benzene rings is 1. The molecule has 3 heterocycles. The Kier molecular flexibility index (Phi) is 5.72. The van der Waals surface area contributed by atoms with E-state index in [0.717, 1.165) is 22.2 Å². The van der Waals surface area contributed by atoms with E-state index in [9.17, 15) is 18.0 Å². The topological polar surface area (TPSA) is 143 Å². The molecule has 178 valence electrons. The lowest BCUT2D eigenvalue weighted by Gasteiger charge is -2.22. The molecule has 10 nitrogen and oxygen atoms in total. The van der Waals surface area contributed by atoms with Crippen molar-refractivity contribution in [3.05, 3.63) is 46.9 Å². The van der Waals surface area contributed by atoms with Gasteiger partial charge in [-0.1, -0.05) is 6.07 Å². The molecule has 1 aliphatic carbocycles. The van der Waals surface area contributed by atoms with Crippen molar-refractivity contribution in [2.24, 2.45) is 5.92 Å². The zero-order valence-corrected chi connectivity index (χ0v) is 19.5. The minimum Gasteiger partial charge on any atom is -0.457 e. The number of H-pyrrole nitrogens is 1. The second-order valence-corrected chi connectivity index (χ2v) is 11.1. The molecule has 1 amide bonds.